The minimum atomic E-state index is 0.857. The number of pyridine rings is 1. The van der Waals surface area contributed by atoms with Crippen molar-refractivity contribution in [1.29, 1.82) is 0 Å². The molecule has 0 atom stereocenters. The standard InChI is InChI=1S/C10H9N3S/c1-14-10-4-2-3-9(13-10)8-5-6-11-7-12-8/h2-7H,1H3. The summed E-state index contributed by atoms with van der Waals surface area (Å²) in [6.45, 7) is 0. The number of hydrogen-bond acceptors (Lipinski definition) is 4. The van der Waals surface area contributed by atoms with Gasteiger partial charge in [-0.1, -0.05) is 6.07 Å². The molecule has 0 saturated carbocycles. The third-order valence-corrected chi connectivity index (χ3v) is 2.42. The maximum Gasteiger partial charge on any atom is 0.116 e. The van der Waals surface area contributed by atoms with E-state index in [9.17, 15) is 0 Å². The van der Waals surface area contributed by atoms with Crippen molar-refractivity contribution in [2.45, 2.75) is 5.03 Å². The Labute approximate surface area is 86.6 Å². The van der Waals surface area contributed by atoms with Gasteiger partial charge in [0.25, 0.3) is 0 Å². The lowest BCUT2D eigenvalue weighted by molar-refractivity contribution is 1.10. The van der Waals surface area contributed by atoms with Gasteiger partial charge in [0.05, 0.1) is 16.4 Å². The molecule has 0 N–H and O–H groups in total. The molecule has 0 radical (unpaired) electrons. The van der Waals surface area contributed by atoms with Crippen molar-refractivity contribution >= 4 is 11.8 Å². The van der Waals surface area contributed by atoms with Crippen LogP contribution in [0.5, 0.6) is 0 Å². The van der Waals surface area contributed by atoms with E-state index in [0.29, 0.717) is 0 Å². The minimum absolute atomic E-state index is 0.857. The minimum Gasteiger partial charge on any atom is -0.245 e. The van der Waals surface area contributed by atoms with E-state index >= 15 is 0 Å². The quantitative estimate of drug-likeness (QED) is 0.702. The maximum absolute atomic E-state index is 4.43. The van der Waals surface area contributed by atoms with E-state index in [1.165, 1.54) is 6.33 Å². The first-order valence-corrected chi connectivity index (χ1v) is 5.40. The topological polar surface area (TPSA) is 38.7 Å². The fraction of sp³-hybridized carbons (Fsp3) is 0.100. The smallest absolute Gasteiger partial charge is 0.116 e. The van der Waals surface area contributed by atoms with E-state index in [1.54, 1.807) is 18.0 Å². The lowest BCUT2D eigenvalue weighted by Gasteiger charge is -2.00. The van der Waals surface area contributed by atoms with Crippen molar-refractivity contribution in [3.05, 3.63) is 36.8 Å². The average Bonchev–Trinajstić information content (AvgIpc) is 2.30. The van der Waals surface area contributed by atoms with Crippen LogP contribution in [0, 0.1) is 0 Å². The average molecular weight is 203 g/mol. The van der Waals surface area contributed by atoms with Gasteiger partial charge in [0.1, 0.15) is 6.33 Å². The summed E-state index contributed by atoms with van der Waals surface area (Å²) in [6, 6.07) is 7.76. The summed E-state index contributed by atoms with van der Waals surface area (Å²) >= 11 is 1.62. The number of aromatic nitrogens is 3. The Morgan fingerprint density at radius 1 is 1.14 bits per heavy atom. The molecule has 0 fully saturated rings. The Kier molecular flexibility index (Phi) is 2.74. The molecule has 70 valence electrons. The highest BCUT2D eigenvalue weighted by atomic mass is 32.2. The largest absolute Gasteiger partial charge is 0.245 e. The predicted octanol–water partition coefficient (Wildman–Crippen LogP) is 2.26. The molecule has 0 saturated heterocycles. The molecule has 4 heteroatoms. The summed E-state index contributed by atoms with van der Waals surface area (Å²) < 4.78 is 0. The van der Waals surface area contributed by atoms with E-state index < -0.39 is 0 Å². The van der Waals surface area contributed by atoms with E-state index in [0.717, 1.165) is 16.4 Å². The molecule has 14 heavy (non-hydrogen) atoms. The molecule has 0 aliphatic carbocycles. The van der Waals surface area contributed by atoms with Crippen LogP contribution in [0.2, 0.25) is 0 Å². The molecule has 0 aliphatic heterocycles. The van der Waals surface area contributed by atoms with Gasteiger partial charge in [-0.25, -0.2) is 15.0 Å². The fourth-order valence-electron chi connectivity index (χ4n) is 1.11. The third-order valence-electron chi connectivity index (χ3n) is 1.78. The van der Waals surface area contributed by atoms with Gasteiger partial charge >= 0.3 is 0 Å². The Morgan fingerprint density at radius 2 is 2.07 bits per heavy atom. The summed E-state index contributed by atoms with van der Waals surface area (Å²) in [4.78, 5) is 12.4. The molecule has 0 aliphatic rings. The third kappa shape index (κ3) is 1.90. The number of rotatable bonds is 2. The van der Waals surface area contributed by atoms with E-state index in [-0.39, 0.29) is 0 Å². The number of nitrogens with zero attached hydrogens (tertiary/aromatic N) is 3. The van der Waals surface area contributed by atoms with Crippen LogP contribution < -0.4 is 0 Å². The van der Waals surface area contributed by atoms with Gasteiger partial charge in [-0.3, -0.25) is 0 Å². The summed E-state index contributed by atoms with van der Waals surface area (Å²) in [7, 11) is 0. The zero-order valence-electron chi connectivity index (χ0n) is 7.71. The molecule has 0 aromatic carbocycles. The molecular weight excluding hydrogens is 194 g/mol. The van der Waals surface area contributed by atoms with Gasteiger partial charge in [0.15, 0.2) is 0 Å². The highest BCUT2D eigenvalue weighted by Gasteiger charge is 2.00. The van der Waals surface area contributed by atoms with Crippen LogP contribution in [-0.4, -0.2) is 21.2 Å². The Hall–Kier alpha value is -1.42. The van der Waals surface area contributed by atoms with E-state index in [2.05, 4.69) is 15.0 Å². The monoisotopic (exact) mass is 203 g/mol. The highest BCUT2D eigenvalue weighted by Crippen LogP contribution is 2.17. The summed E-state index contributed by atoms with van der Waals surface area (Å²) in [5.74, 6) is 0. The molecular formula is C10H9N3S. The van der Waals surface area contributed by atoms with E-state index in [4.69, 9.17) is 0 Å². The first-order chi connectivity index (χ1) is 6.90. The van der Waals surface area contributed by atoms with Crippen LogP contribution in [0.15, 0.2) is 41.8 Å². The van der Waals surface area contributed by atoms with Crippen LogP contribution in [-0.2, 0) is 0 Å². The second kappa shape index (κ2) is 4.19. The van der Waals surface area contributed by atoms with Crippen molar-refractivity contribution in [3.8, 4) is 11.4 Å². The molecule has 2 rings (SSSR count). The Bertz CT molecular complexity index is 417. The van der Waals surface area contributed by atoms with Crippen LogP contribution in [0.25, 0.3) is 11.4 Å². The summed E-state index contributed by atoms with van der Waals surface area (Å²) in [5.41, 5.74) is 1.75. The second-order valence-corrected chi connectivity index (χ2v) is 3.49. The van der Waals surface area contributed by atoms with Crippen molar-refractivity contribution < 1.29 is 0 Å². The van der Waals surface area contributed by atoms with Crippen LogP contribution in [0.4, 0.5) is 0 Å². The van der Waals surface area contributed by atoms with Crippen LogP contribution in [0.3, 0.4) is 0 Å². The molecule has 0 spiro atoms. The van der Waals surface area contributed by atoms with Crippen LogP contribution >= 0.6 is 11.8 Å². The van der Waals surface area contributed by atoms with Crippen molar-refractivity contribution in [1.82, 2.24) is 15.0 Å². The van der Waals surface area contributed by atoms with Crippen molar-refractivity contribution in [2.75, 3.05) is 6.26 Å². The first kappa shape index (κ1) is 9.15. The molecule has 0 amide bonds. The van der Waals surface area contributed by atoms with Crippen molar-refractivity contribution in [3.63, 3.8) is 0 Å². The van der Waals surface area contributed by atoms with Gasteiger partial charge in [-0.05, 0) is 24.5 Å². The molecule has 0 bridgehead atoms. The van der Waals surface area contributed by atoms with Gasteiger partial charge < -0.3 is 0 Å². The lowest BCUT2D eigenvalue weighted by atomic mass is 10.3. The molecule has 3 nitrogen and oxygen atoms in total. The summed E-state index contributed by atoms with van der Waals surface area (Å²) in [6.07, 6.45) is 5.25. The molecule has 2 aromatic heterocycles. The van der Waals surface area contributed by atoms with Crippen LogP contribution in [0.1, 0.15) is 0 Å². The van der Waals surface area contributed by atoms with Crippen molar-refractivity contribution in [2.24, 2.45) is 0 Å². The Balaban J connectivity index is 2.42. The zero-order valence-corrected chi connectivity index (χ0v) is 8.53. The number of hydrogen-bond donors (Lipinski definition) is 0. The normalized spacial score (nSPS) is 10.1. The lowest BCUT2D eigenvalue weighted by Crippen LogP contribution is -1.88. The first-order valence-electron chi connectivity index (χ1n) is 4.17. The van der Waals surface area contributed by atoms with Gasteiger partial charge in [0, 0.05) is 6.20 Å². The maximum atomic E-state index is 4.43. The predicted molar refractivity (Wildman–Crippen MR) is 57.0 cm³/mol. The fourth-order valence-corrected chi connectivity index (χ4v) is 1.52. The second-order valence-electron chi connectivity index (χ2n) is 2.66. The zero-order chi connectivity index (χ0) is 9.80. The molecule has 0 unspecified atom stereocenters. The molecule has 2 heterocycles. The van der Waals surface area contributed by atoms with Gasteiger partial charge in [-0.2, -0.15) is 0 Å². The van der Waals surface area contributed by atoms with E-state index in [1.807, 2.05) is 30.5 Å². The SMILES string of the molecule is CSc1cccc(-c2ccncn2)n1. The number of thioether (sulfide) groups is 1. The van der Waals surface area contributed by atoms with Gasteiger partial charge in [-0.15, -0.1) is 11.8 Å². The Morgan fingerprint density at radius 3 is 2.79 bits per heavy atom. The highest BCUT2D eigenvalue weighted by molar-refractivity contribution is 7.98. The molecule has 2 aromatic rings. The van der Waals surface area contributed by atoms with Gasteiger partial charge in [0.2, 0.25) is 0 Å². The summed E-state index contributed by atoms with van der Waals surface area (Å²) in [5, 5.41) is 1.00.